The van der Waals surface area contributed by atoms with Crippen LogP contribution in [0.4, 0.5) is 0 Å². The summed E-state index contributed by atoms with van der Waals surface area (Å²) in [6.45, 7) is 0.118. The van der Waals surface area contributed by atoms with Crippen molar-refractivity contribution < 1.29 is 9.32 Å². The third kappa shape index (κ3) is 3.29. The largest absolute Gasteiger partial charge is 0.342 e. The zero-order valence-electron chi connectivity index (χ0n) is 11.4. The number of nitrogens with zero attached hydrogens (tertiary/aromatic N) is 3. The average Bonchev–Trinajstić information content (AvgIpc) is 3.02. The van der Waals surface area contributed by atoms with E-state index in [0.717, 1.165) is 5.56 Å². The number of aromatic nitrogens is 3. The van der Waals surface area contributed by atoms with E-state index in [1.165, 1.54) is 12.3 Å². The van der Waals surface area contributed by atoms with E-state index in [1.807, 2.05) is 30.3 Å². The van der Waals surface area contributed by atoms with Gasteiger partial charge in [0.25, 0.3) is 5.91 Å². The Labute approximate surface area is 131 Å². The first kappa shape index (κ1) is 14.2. The van der Waals surface area contributed by atoms with E-state index in [1.54, 1.807) is 6.07 Å². The molecule has 0 atom stereocenters. The van der Waals surface area contributed by atoms with E-state index < -0.39 is 0 Å². The van der Waals surface area contributed by atoms with Crippen molar-refractivity contribution in [2.24, 2.45) is 0 Å². The molecule has 1 aromatic carbocycles. The standard InChI is InChI=1S/C15H11ClN4O2/c16-11-6-7-17-12(8-11)15(21)18-9-13-19-14(20-22-13)10-4-2-1-3-5-10/h1-8H,9H2,(H,18,21). The fourth-order valence-corrected chi connectivity index (χ4v) is 1.97. The van der Waals surface area contributed by atoms with E-state index in [0.29, 0.717) is 16.7 Å². The molecule has 0 saturated heterocycles. The molecule has 22 heavy (non-hydrogen) atoms. The normalized spacial score (nSPS) is 10.4. The lowest BCUT2D eigenvalue weighted by Gasteiger charge is -2.01. The molecule has 0 radical (unpaired) electrons. The summed E-state index contributed by atoms with van der Waals surface area (Å²) in [6.07, 6.45) is 1.47. The van der Waals surface area contributed by atoms with Gasteiger partial charge >= 0.3 is 0 Å². The first-order valence-electron chi connectivity index (χ1n) is 6.50. The van der Waals surface area contributed by atoms with Gasteiger partial charge in [-0.15, -0.1) is 0 Å². The number of carbonyl (C=O) groups excluding carboxylic acids is 1. The highest BCUT2D eigenvalue weighted by Gasteiger charge is 2.11. The van der Waals surface area contributed by atoms with Crippen LogP contribution in [0.1, 0.15) is 16.4 Å². The molecule has 2 aromatic heterocycles. The lowest BCUT2D eigenvalue weighted by atomic mass is 10.2. The van der Waals surface area contributed by atoms with Crippen molar-refractivity contribution in [3.63, 3.8) is 0 Å². The molecule has 1 amide bonds. The summed E-state index contributed by atoms with van der Waals surface area (Å²) in [5.41, 5.74) is 1.08. The van der Waals surface area contributed by atoms with E-state index in [4.69, 9.17) is 16.1 Å². The second-order valence-corrected chi connectivity index (χ2v) is 4.86. The minimum Gasteiger partial charge on any atom is -0.342 e. The van der Waals surface area contributed by atoms with Crippen LogP contribution in [0, 0.1) is 0 Å². The summed E-state index contributed by atoms with van der Waals surface area (Å²) in [5, 5.41) is 6.98. The van der Waals surface area contributed by atoms with E-state index in [2.05, 4.69) is 20.4 Å². The van der Waals surface area contributed by atoms with Crippen LogP contribution in [0.2, 0.25) is 5.02 Å². The maximum absolute atomic E-state index is 11.9. The van der Waals surface area contributed by atoms with Gasteiger partial charge in [-0.3, -0.25) is 9.78 Å². The number of hydrogen-bond acceptors (Lipinski definition) is 5. The Morgan fingerprint density at radius 3 is 2.82 bits per heavy atom. The smallest absolute Gasteiger partial charge is 0.270 e. The number of carbonyl (C=O) groups is 1. The molecule has 3 aromatic rings. The van der Waals surface area contributed by atoms with Gasteiger partial charge in [0.1, 0.15) is 5.69 Å². The third-order valence-corrected chi connectivity index (χ3v) is 3.09. The van der Waals surface area contributed by atoms with Gasteiger partial charge in [-0.1, -0.05) is 47.1 Å². The fraction of sp³-hybridized carbons (Fsp3) is 0.0667. The van der Waals surface area contributed by atoms with Gasteiger partial charge in [0.05, 0.1) is 6.54 Å². The predicted molar refractivity (Wildman–Crippen MR) is 80.2 cm³/mol. The molecule has 3 rings (SSSR count). The van der Waals surface area contributed by atoms with Crippen molar-refractivity contribution in [3.8, 4) is 11.4 Å². The SMILES string of the molecule is O=C(NCc1nc(-c2ccccc2)no1)c1cc(Cl)ccn1. The van der Waals surface area contributed by atoms with E-state index in [-0.39, 0.29) is 18.1 Å². The molecular formula is C15H11ClN4O2. The fourth-order valence-electron chi connectivity index (χ4n) is 1.81. The lowest BCUT2D eigenvalue weighted by molar-refractivity contribution is 0.0941. The Bertz CT molecular complexity index is 789. The Morgan fingerprint density at radius 2 is 2.05 bits per heavy atom. The summed E-state index contributed by atoms with van der Waals surface area (Å²) in [7, 11) is 0. The molecule has 0 aliphatic rings. The van der Waals surface area contributed by atoms with Crippen LogP contribution in [0.25, 0.3) is 11.4 Å². The average molecular weight is 315 g/mol. The van der Waals surface area contributed by atoms with Crippen molar-refractivity contribution in [1.29, 1.82) is 0 Å². The van der Waals surface area contributed by atoms with E-state index in [9.17, 15) is 4.79 Å². The first-order chi connectivity index (χ1) is 10.7. The molecule has 7 heteroatoms. The highest BCUT2D eigenvalue weighted by molar-refractivity contribution is 6.30. The van der Waals surface area contributed by atoms with Crippen LogP contribution >= 0.6 is 11.6 Å². The van der Waals surface area contributed by atoms with Crippen LogP contribution in [0.15, 0.2) is 53.2 Å². The summed E-state index contributed by atoms with van der Waals surface area (Å²) >= 11 is 5.82. The summed E-state index contributed by atoms with van der Waals surface area (Å²) in [4.78, 5) is 20.1. The molecule has 2 heterocycles. The molecule has 0 aliphatic heterocycles. The zero-order chi connectivity index (χ0) is 15.4. The maximum Gasteiger partial charge on any atom is 0.270 e. The molecular weight excluding hydrogens is 304 g/mol. The Morgan fingerprint density at radius 1 is 1.23 bits per heavy atom. The van der Waals surface area contributed by atoms with Gasteiger partial charge in [0.15, 0.2) is 0 Å². The van der Waals surface area contributed by atoms with Gasteiger partial charge in [0, 0.05) is 16.8 Å². The minimum atomic E-state index is -0.359. The van der Waals surface area contributed by atoms with Gasteiger partial charge in [-0.25, -0.2) is 0 Å². The van der Waals surface area contributed by atoms with Crippen molar-refractivity contribution in [3.05, 3.63) is 65.3 Å². The Kier molecular flexibility index (Phi) is 4.11. The number of halogens is 1. The van der Waals surface area contributed by atoms with Gasteiger partial charge in [0.2, 0.25) is 11.7 Å². The maximum atomic E-state index is 11.9. The van der Waals surface area contributed by atoms with Gasteiger partial charge in [-0.2, -0.15) is 4.98 Å². The van der Waals surface area contributed by atoms with Crippen molar-refractivity contribution in [1.82, 2.24) is 20.4 Å². The van der Waals surface area contributed by atoms with Crippen molar-refractivity contribution >= 4 is 17.5 Å². The third-order valence-electron chi connectivity index (χ3n) is 2.85. The Balaban J connectivity index is 1.65. The number of benzene rings is 1. The van der Waals surface area contributed by atoms with Crippen LogP contribution in [0.5, 0.6) is 0 Å². The highest BCUT2D eigenvalue weighted by Crippen LogP contribution is 2.14. The van der Waals surface area contributed by atoms with Crippen LogP contribution < -0.4 is 5.32 Å². The molecule has 0 aliphatic carbocycles. The topological polar surface area (TPSA) is 80.9 Å². The van der Waals surface area contributed by atoms with Crippen LogP contribution in [0.3, 0.4) is 0 Å². The highest BCUT2D eigenvalue weighted by atomic mass is 35.5. The zero-order valence-corrected chi connectivity index (χ0v) is 12.1. The number of hydrogen-bond donors (Lipinski definition) is 1. The molecule has 0 unspecified atom stereocenters. The Hall–Kier alpha value is -2.73. The van der Waals surface area contributed by atoms with E-state index >= 15 is 0 Å². The van der Waals surface area contributed by atoms with Gasteiger partial charge < -0.3 is 9.84 Å². The van der Waals surface area contributed by atoms with Crippen molar-refractivity contribution in [2.45, 2.75) is 6.54 Å². The minimum absolute atomic E-state index is 0.118. The number of nitrogens with one attached hydrogen (secondary N) is 1. The monoisotopic (exact) mass is 314 g/mol. The second-order valence-electron chi connectivity index (χ2n) is 4.42. The van der Waals surface area contributed by atoms with Gasteiger partial charge in [-0.05, 0) is 12.1 Å². The molecule has 110 valence electrons. The number of amides is 1. The van der Waals surface area contributed by atoms with Crippen LogP contribution in [-0.4, -0.2) is 21.0 Å². The molecule has 0 bridgehead atoms. The predicted octanol–water partition coefficient (Wildman–Crippen LogP) is 2.72. The van der Waals surface area contributed by atoms with Crippen LogP contribution in [-0.2, 0) is 6.54 Å². The summed E-state index contributed by atoms with van der Waals surface area (Å²) in [5.74, 6) is 0.432. The summed E-state index contributed by atoms with van der Waals surface area (Å²) < 4.78 is 5.11. The first-order valence-corrected chi connectivity index (χ1v) is 6.88. The lowest BCUT2D eigenvalue weighted by Crippen LogP contribution is -2.23. The number of pyridine rings is 1. The number of rotatable bonds is 4. The summed E-state index contributed by atoms with van der Waals surface area (Å²) in [6, 6.07) is 12.5. The molecule has 0 spiro atoms. The quantitative estimate of drug-likeness (QED) is 0.800. The molecule has 6 nitrogen and oxygen atoms in total. The van der Waals surface area contributed by atoms with Crippen molar-refractivity contribution in [2.75, 3.05) is 0 Å². The molecule has 0 saturated carbocycles. The second kappa shape index (κ2) is 6.36. The molecule has 1 N–H and O–H groups in total. The molecule has 0 fully saturated rings.